The van der Waals surface area contributed by atoms with E-state index >= 15 is 0 Å². The van der Waals surface area contributed by atoms with E-state index in [1.807, 2.05) is 12.3 Å². The standard InChI is InChI=1S/C7H9N5S/c1-4-9-5(3-13-4)6-10-7(8)12(2)11-6/h3H,1-2H3,(H2,8,10,11). The van der Waals surface area contributed by atoms with Crippen LogP contribution in [-0.4, -0.2) is 19.7 Å². The van der Waals surface area contributed by atoms with Gasteiger partial charge in [0.1, 0.15) is 5.69 Å². The Hall–Kier alpha value is -1.43. The summed E-state index contributed by atoms with van der Waals surface area (Å²) in [6, 6.07) is 0. The highest BCUT2D eigenvalue weighted by Crippen LogP contribution is 2.18. The monoisotopic (exact) mass is 195 g/mol. The molecule has 2 rings (SSSR count). The average molecular weight is 195 g/mol. The fourth-order valence-corrected chi connectivity index (χ4v) is 1.56. The van der Waals surface area contributed by atoms with Crippen molar-refractivity contribution in [3.8, 4) is 11.5 Å². The van der Waals surface area contributed by atoms with Gasteiger partial charge in [-0.3, -0.25) is 0 Å². The number of aryl methyl sites for hydroxylation is 2. The van der Waals surface area contributed by atoms with E-state index in [1.54, 1.807) is 18.4 Å². The molecule has 0 saturated heterocycles. The summed E-state index contributed by atoms with van der Waals surface area (Å²) in [6.07, 6.45) is 0. The molecule has 0 aromatic carbocycles. The van der Waals surface area contributed by atoms with E-state index in [0.717, 1.165) is 10.7 Å². The molecule has 0 saturated carbocycles. The Morgan fingerprint density at radius 3 is 2.69 bits per heavy atom. The van der Waals surface area contributed by atoms with Crippen molar-refractivity contribution in [3.63, 3.8) is 0 Å². The van der Waals surface area contributed by atoms with Crippen LogP contribution in [0, 0.1) is 6.92 Å². The molecule has 68 valence electrons. The third kappa shape index (κ3) is 1.40. The van der Waals surface area contributed by atoms with Gasteiger partial charge in [0.2, 0.25) is 11.8 Å². The molecule has 2 heterocycles. The van der Waals surface area contributed by atoms with Crippen molar-refractivity contribution in [2.24, 2.45) is 7.05 Å². The van der Waals surface area contributed by atoms with Crippen LogP contribution in [0.1, 0.15) is 5.01 Å². The second-order valence-corrected chi connectivity index (χ2v) is 3.73. The Morgan fingerprint density at radius 1 is 1.46 bits per heavy atom. The van der Waals surface area contributed by atoms with Crippen molar-refractivity contribution < 1.29 is 0 Å². The molecule has 2 aromatic rings. The fraction of sp³-hybridized carbons (Fsp3) is 0.286. The van der Waals surface area contributed by atoms with E-state index in [1.165, 1.54) is 4.68 Å². The SMILES string of the molecule is Cc1nc(-c2nc(N)n(C)n2)cs1. The molecule has 0 fully saturated rings. The number of hydrogen-bond acceptors (Lipinski definition) is 5. The fourth-order valence-electron chi connectivity index (χ4n) is 0.971. The van der Waals surface area contributed by atoms with Crippen LogP contribution >= 0.6 is 11.3 Å². The number of anilines is 1. The van der Waals surface area contributed by atoms with Crippen LogP contribution in [0.4, 0.5) is 5.95 Å². The van der Waals surface area contributed by atoms with Gasteiger partial charge in [-0.2, -0.15) is 4.98 Å². The van der Waals surface area contributed by atoms with Crippen molar-refractivity contribution >= 4 is 17.3 Å². The van der Waals surface area contributed by atoms with E-state index in [4.69, 9.17) is 5.73 Å². The van der Waals surface area contributed by atoms with Gasteiger partial charge in [0.05, 0.1) is 5.01 Å². The molecule has 13 heavy (non-hydrogen) atoms. The molecule has 2 aromatic heterocycles. The smallest absolute Gasteiger partial charge is 0.218 e. The lowest BCUT2D eigenvalue weighted by Gasteiger charge is -1.85. The Labute approximate surface area is 79.2 Å². The summed E-state index contributed by atoms with van der Waals surface area (Å²) in [5.41, 5.74) is 6.34. The molecule has 0 unspecified atom stereocenters. The Bertz CT molecular complexity index is 410. The van der Waals surface area contributed by atoms with E-state index < -0.39 is 0 Å². The minimum Gasteiger partial charge on any atom is -0.368 e. The first-order valence-electron chi connectivity index (χ1n) is 3.76. The quantitative estimate of drug-likeness (QED) is 0.731. The molecule has 0 amide bonds. The predicted molar refractivity (Wildman–Crippen MR) is 51.3 cm³/mol. The molecule has 0 aliphatic carbocycles. The minimum atomic E-state index is 0.403. The molecule has 6 heteroatoms. The van der Waals surface area contributed by atoms with Crippen molar-refractivity contribution in [1.82, 2.24) is 19.7 Å². The second kappa shape index (κ2) is 2.81. The molecular weight excluding hydrogens is 186 g/mol. The van der Waals surface area contributed by atoms with E-state index in [2.05, 4.69) is 15.1 Å². The molecule has 0 aliphatic heterocycles. The summed E-state index contributed by atoms with van der Waals surface area (Å²) in [6.45, 7) is 1.94. The summed E-state index contributed by atoms with van der Waals surface area (Å²) in [5.74, 6) is 0.991. The van der Waals surface area contributed by atoms with Gasteiger partial charge in [-0.1, -0.05) is 0 Å². The maximum atomic E-state index is 5.55. The molecule has 5 nitrogen and oxygen atoms in total. The van der Waals surface area contributed by atoms with Gasteiger partial charge in [0.25, 0.3) is 0 Å². The summed E-state index contributed by atoms with van der Waals surface area (Å²) >= 11 is 1.57. The zero-order valence-electron chi connectivity index (χ0n) is 7.35. The van der Waals surface area contributed by atoms with Crippen molar-refractivity contribution in [1.29, 1.82) is 0 Å². The Balaban J connectivity index is 2.46. The van der Waals surface area contributed by atoms with Crippen LogP contribution in [0.2, 0.25) is 0 Å². The van der Waals surface area contributed by atoms with Gasteiger partial charge in [0, 0.05) is 12.4 Å². The minimum absolute atomic E-state index is 0.403. The van der Waals surface area contributed by atoms with Gasteiger partial charge >= 0.3 is 0 Å². The average Bonchev–Trinajstić information content (AvgIpc) is 2.61. The Kier molecular flexibility index (Phi) is 1.77. The Morgan fingerprint density at radius 2 is 2.23 bits per heavy atom. The van der Waals surface area contributed by atoms with Gasteiger partial charge < -0.3 is 5.73 Å². The lowest BCUT2D eigenvalue weighted by molar-refractivity contribution is 0.780. The normalized spacial score (nSPS) is 10.6. The predicted octanol–water partition coefficient (Wildman–Crippen LogP) is 0.829. The van der Waals surface area contributed by atoms with Crippen LogP contribution in [0.25, 0.3) is 11.5 Å². The third-order valence-electron chi connectivity index (χ3n) is 1.64. The van der Waals surface area contributed by atoms with E-state index in [-0.39, 0.29) is 0 Å². The maximum Gasteiger partial charge on any atom is 0.218 e. The molecule has 0 atom stereocenters. The third-order valence-corrected chi connectivity index (χ3v) is 2.42. The summed E-state index contributed by atoms with van der Waals surface area (Å²) in [7, 11) is 1.76. The number of aromatic nitrogens is 4. The van der Waals surface area contributed by atoms with Crippen LogP contribution in [0.3, 0.4) is 0 Å². The van der Waals surface area contributed by atoms with Gasteiger partial charge in [-0.25, -0.2) is 9.67 Å². The summed E-state index contributed by atoms with van der Waals surface area (Å²) < 4.78 is 1.53. The number of rotatable bonds is 1. The lowest BCUT2D eigenvalue weighted by atomic mass is 10.5. The lowest BCUT2D eigenvalue weighted by Crippen LogP contribution is -1.97. The first-order chi connectivity index (χ1) is 6.16. The zero-order valence-corrected chi connectivity index (χ0v) is 8.17. The van der Waals surface area contributed by atoms with Crippen molar-refractivity contribution in [3.05, 3.63) is 10.4 Å². The van der Waals surface area contributed by atoms with Gasteiger partial charge in [0.15, 0.2) is 0 Å². The molecule has 0 radical (unpaired) electrons. The van der Waals surface area contributed by atoms with Crippen LogP contribution in [0.15, 0.2) is 5.38 Å². The highest BCUT2D eigenvalue weighted by molar-refractivity contribution is 7.09. The van der Waals surface area contributed by atoms with Gasteiger partial charge in [-0.05, 0) is 6.92 Å². The maximum absolute atomic E-state index is 5.55. The summed E-state index contributed by atoms with van der Waals surface area (Å²) in [5, 5.41) is 7.04. The number of hydrogen-bond donors (Lipinski definition) is 1. The van der Waals surface area contributed by atoms with Gasteiger partial charge in [-0.15, -0.1) is 16.4 Å². The molecule has 0 bridgehead atoms. The molecule has 2 N–H and O–H groups in total. The van der Waals surface area contributed by atoms with E-state index in [9.17, 15) is 0 Å². The summed E-state index contributed by atoms with van der Waals surface area (Å²) in [4.78, 5) is 8.33. The highest BCUT2D eigenvalue weighted by Gasteiger charge is 2.08. The first-order valence-corrected chi connectivity index (χ1v) is 4.64. The number of nitrogens with zero attached hydrogens (tertiary/aromatic N) is 4. The van der Waals surface area contributed by atoms with Crippen LogP contribution in [-0.2, 0) is 7.05 Å². The van der Waals surface area contributed by atoms with Crippen molar-refractivity contribution in [2.75, 3.05) is 5.73 Å². The largest absolute Gasteiger partial charge is 0.368 e. The molecular formula is C7H9N5S. The van der Waals surface area contributed by atoms with Crippen LogP contribution < -0.4 is 5.73 Å². The number of nitrogen functional groups attached to an aromatic ring is 1. The second-order valence-electron chi connectivity index (χ2n) is 2.67. The van der Waals surface area contributed by atoms with Crippen molar-refractivity contribution in [2.45, 2.75) is 6.92 Å². The number of thiazole rings is 1. The van der Waals surface area contributed by atoms with Crippen LogP contribution in [0.5, 0.6) is 0 Å². The van der Waals surface area contributed by atoms with E-state index in [0.29, 0.717) is 11.8 Å². The first kappa shape index (κ1) is 8.18. The molecule has 0 aliphatic rings. The zero-order chi connectivity index (χ0) is 9.42. The highest BCUT2D eigenvalue weighted by atomic mass is 32.1. The molecule has 0 spiro atoms. The topological polar surface area (TPSA) is 69.6 Å². The number of nitrogens with two attached hydrogens (primary N) is 1.